The Kier molecular flexibility index (Phi) is 4.20. The molecule has 0 unspecified atom stereocenters. The van der Waals surface area contributed by atoms with Crippen LogP contribution < -0.4 is 10.5 Å². The number of thiophene rings is 1. The predicted octanol–water partition coefficient (Wildman–Crippen LogP) is 3.73. The molecule has 3 aromatic heterocycles. The van der Waals surface area contributed by atoms with Gasteiger partial charge in [-0.1, -0.05) is 11.6 Å². The third-order valence-corrected chi connectivity index (χ3v) is 7.66. The molecule has 2 saturated carbocycles. The van der Waals surface area contributed by atoms with E-state index in [9.17, 15) is 8.42 Å². The van der Waals surface area contributed by atoms with Crippen LogP contribution in [-0.2, 0) is 10.0 Å². The minimum Gasteiger partial charge on any atom is -0.324 e. The van der Waals surface area contributed by atoms with Gasteiger partial charge in [0.1, 0.15) is 15.0 Å². The van der Waals surface area contributed by atoms with Crippen LogP contribution in [0.2, 0.25) is 5.02 Å². The van der Waals surface area contributed by atoms with Crippen molar-refractivity contribution in [1.29, 1.82) is 0 Å². The van der Waals surface area contributed by atoms with Crippen molar-refractivity contribution in [3.8, 4) is 10.7 Å². The molecule has 4 N–H and O–H groups in total. The van der Waals surface area contributed by atoms with E-state index in [2.05, 4.69) is 25.5 Å². The molecule has 3 heterocycles. The first-order valence-corrected chi connectivity index (χ1v) is 11.7. The van der Waals surface area contributed by atoms with Gasteiger partial charge >= 0.3 is 0 Å². The van der Waals surface area contributed by atoms with Crippen molar-refractivity contribution in [1.82, 2.24) is 20.2 Å². The van der Waals surface area contributed by atoms with Crippen LogP contribution in [-0.4, -0.2) is 28.6 Å². The van der Waals surface area contributed by atoms with Gasteiger partial charge in [0.2, 0.25) is 10.0 Å². The number of halogens is 1. The lowest BCUT2D eigenvalue weighted by Crippen LogP contribution is -2.09. The standard InChI is InChI=1S/C17H17ClN6O2S2/c18-14-15(9-3-4-9)21-16(11-5-6-13(27-11)28(19,25)26)22-17(14)20-12-7-10(23-24-12)8-1-2-8/h5-9H,1-4H2,(H2,19,25,26)(H2,20,21,22,23,24). The lowest BCUT2D eigenvalue weighted by molar-refractivity contribution is 0.600. The number of nitrogens with one attached hydrogen (secondary N) is 2. The highest BCUT2D eigenvalue weighted by atomic mass is 35.5. The SMILES string of the molecule is NS(=O)(=O)c1ccc(-c2nc(Nc3cc(C4CC4)n[nH]3)c(Cl)c(C3CC3)n2)s1. The molecule has 11 heteroatoms. The monoisotopic (exact) mass is 436 g/mol. The fraction of sp³-hybridized carbons (Fsp3) is 0.353. The molecule has 5 rings (SSSR count). The van der Waals surface area contributed by atoms with Gasteiger partial charge in [-0.05, 0) is 37.8 Å². The Hall–Kier alpha value is -2.01. The van der Waals surface area contributed by atoms with E-state index in [-0.39, 0.29) is 4.21 Å². The minimum atomic E-state index is -3.76. The van der Waals surface area contributed by atoms with E-state index >= 15 is 0 Å². The van der Waals surface area contributed by atoms with Crippen LogP contribution in [0.5, 0.6) is 0 Å². The number of sulfonamides is 1. The Bertz CT molecular complexity index is 1160. The number of hydrogen-bond donors (Lipinski definition) is 3. The smallest absolute Gasteiger partial charge is 0.247 e. The number of nitrogens with zero attached hydrogens (tertiary/aromatic N) is 3. The molecule has 0 spiro atoms. The second kappa shape index (κ2) is 6.51. The largest absolute Gasteiger partial charge is 0.324 e. The zero-order valence-corrected chi connectivity index (χ0v) is 17.0. The number of H-pyrrole nitrogens is 1. The van der Waals surface area contributed by atoms with Crippen molar-refractivity contribution in [2.45, 2.75) is 41.7 Å². The maximum Gasteiger partial charge on any atom is 0.247 e. The van der Waals surface area contributed by atoms with E-state index < -0.39 is 10.0 Å². The van der Waals surface area contributed by atoms with E-state index in [1.54, 1.807) is 6.07 Å². The van der Waals surface area contributed by atoms with Gasteiger partial charge in [-0.2, -0.15) is 5.10 Å². The highest BCUT2D eigenvalue weighted by Gasteiger charge is 2.31. The summed E-state index contributed by atoms with van der Waals surface area (Å²) >= 11 is 7.62. The maximum absolute atomic E-state index is 11.6. The van der Waals surface area contributed by atoms with Gasteiger partial charge in [0.15, 0.2) is 11.6 Å². The lowest BCUT2D eigenvalue weighted by Gasteiger charge is -2.11. The first-order valence-electron chi connectivity index (χ1n) is 8.91. The van der Waals surface area contributed by atoms with Crippen LogP contribution in [0.25, 0.3) is 10.7 Å². The zero-order valence-electron chi connectivity index (χ0n) is 14.6. The summed E-state index contributed by atoms with van der Waals surface area (Å²) < 4.78 is 23.3. The number of nitrogens with two attached hydrogens (primary N) is 1. The molecule has 0 aliphatic heterocycles. The zero-order chi connectivity index (χ0) is 19.5. The lowest BCUT2D eigenvalue weighted by atomic mass is 10.2. The van der Waals surface area contributed by atoms with Crippen LogP contribution >= 0.6 is 22.9 Å². The quantitative estimate of drug-likeness (QED) is 0.540. The Morgan fingerprint density at radius 2 is 1.93 bits per heavy atom. The molecular formula is C17H17ClN6O2S2. The average molecular weight is 437 g/mol. The molecule has 2 fully saturated rings. The van der Waals surface area contributed by atoms with Crippen molar-refractivity contribution in [3.05, 3.63) is 34.6 Å². The van der Waals surface area contributed by atoms with Gasteiger partial charge in [0, 0.05) is 17.9 Å². The number of primary sulfonamides is 1. The highest BCUT2D eigenvalue weighted by Crippen LogP contribution is 2.45. The predicted molar refractivity (Wildman–Crippen MR) is 108 cm³/mol. The normalized spacial score (nSPS) is 17.1. The number of aromatic amines is 1. The van der Waals surface area contributed by atoms with E-state index in [0.29, 0.717) is 39.2 Å². The van der Waals surface area contributed by atoms with Gasteiger partial charge in [-0.25, -0.2) is 23.5 Å². The summed E-state index contributed by atoms with van der Waals surface area (Å²) in [6.07, 6.45) is 4.38. The number of rotatable bonds is 6. The van der Waals surface area contributed by atoms with Crippen LogP contribution in [0.15, 0.2) is 22.4 Å². The Morgan fingerprint density at radius 3 is 2.57 bits per heavy atom. The van der Waals surface area contributed by atoms with Gasteiger partial charge in [0.05, 0.1) is 16.3 Å². The highest BCUT2D eigenvalue weighted by molar-refractivity contribution is 7.91. The van der Waals surface area contributed by atoms with Gasteiger partial charge < -0.3 is 5.32 Å². The van der Waals surface area contributed by atoms with Crippen molar-refractivity contribution in [2.24, 2.45) is 5.14 Å². The summed E-state index contributed by atoms with van der Waals surface area (Å²) in [7, 11) is -3.76. The van der Waals surface area contributed by atoms with Gasteiger partial charge in [-0.15, -0.1) is 11.3 Å². The number of hydrogen-bond acceptors (Lipinski definition) is 7. The number of anilines is 2. The fourth-order valence-electron chi connectivity index (χ4n) is 3.00. The second-order valence-corrected chi connectivity index (χ2v) is 10.4. The van der Waals surface area contributed by atoms with Gasteiger partial charge in [-0.3, -0.25) is 5.10 Å². The van der Waals surface area contributed by atoms with E-state index in [0.717, 1.165) is 35.6 Å². The molecule has 0 radical (unpaired) electrons. The molecule has 0 atom stereocenters. The molecular weight excluding hydrogens is 420 g/mol. The van der Waals surface area contributed by atoms with Crippen molar-refractivity contribution in [3.63, 3.8) is 0 Å². The molecule has 0 bridgehead atoms. The third kappa shape index (κ3) is 3.52. The third-order valence-electron chi connectivity index (χ3n) is 4.77. The summed E-state index contributed by atoms with van der Waals surface area (Å²) in [6, 6.07) is 5.10. The van der Waals surface area contributed by atoms with E-state index in [4.69, 9.17) is 16.7 Å². The van der Waals surface area contributed by atoms with E-state index in [1.165, 1.54) is 18.9 Å². The molecule has 0 aromatic carbocycles. The number of aromatic nitrogens is 4. The summed E-state index contributed by atoms with van der Waals surface area (Å²) in [5.41, 5.74) is 1.81. The average Bonchev–Trinajstić information content (AvgIpc) is 3.57. The topological polar surface area (TPSA) is 127 Å². The summed E-state index contributed by atoms with van der Waals surface area (Å²) in [4.78, 5) is 9.78. The summed E-state index contributed by atoms with van der Waals surface area (Å²) in [5.74, 6) is 2.46. The molecule has 3 aromatic rings. The van der Waals surface area contributed by atoms with Crippen molar-refractivity contribution < 1.29 is 8.42 Å². The van der Waals surface area contributed by atoms with Crippen LogP contribution in [0.3, 0.4) is 0 Å². The summed E-state index contributed by atoms with van der Waals surface area (Å²) in [5, 5.41) is 16.2. The Labute approximate surface area is 170 Å². The fourth-order valence-corrected chi connectivity index (χ4v) is 4.94. The van der Waals surface area contributed by atoms with Crippen molar-refractivity contribution in [2.75, 3.05) is 5.32 Å². The van der Waals surface area contributed by atoms with Crippen LogP contribution in [0.4, 0.5) is 11.6 Å². The molecule has 146 valence electrons. The minimum absolute atomic E-state index is 0.0752. The van der Waals surface area contributed by atoms with Crippen LogP contribution in [0, 0.1) is 0 Å². The maximum atomic E-state index is 11.6. The Morgan fingerprint density at radius 1 is 1.18 bits per heavy atom. The summed E-state index contributed by atoms with van der Waals surface area (Å²) in [6.45, 7) is 0. The molecule has 2 aliphatic carbocycles. The second-order valence-electron chi connectivity index (χ2n) is 7.14. The molecule has 2 aliphatic rings. The first kappa shape index (κ1) is 18.0. The molecule has 0 amide bonds. The van der Waals surface area contributed by atoms with Gasteiger partial charge in [0.25, 0.3) is 0 Å². The van der Waals surface area contributed by atoms with Crippen molar-refractivity contribution >= 4 is 44.6 Å². The first-order chi connectivity index (χ1) is 13.4. The van der Waals surface area contributed by atoms with E-state index in [1.807, 2.05) is 6.07 Å². The molecule has 28 heavy (non-hydrogen) atoms. The Balaban J connectivity index is 1.53. The van der Waals surface area contributed by atoms with Crippen LogP contribution in [0.1, 0.15) is 48.9 Å². The molecule has 8 nitrogen and oxygen atoms in total. The molecule has 0 saturated heterocycles.